The Morgan fingerprint density at radius 2 is 1.90 bits per heavy atom. The first-order valence-corrected chi connectivity index (χ1v) is 6.63. The van der Waals surface area contributed by atoms with E-state index in [0.29, 0.717) is 11.3 Å². The van der Waals surface area contributed by atoms with Crippen LogP contribution in [0.15, 0.2) is 42.5 Å². The number of aryl methyl sites for hydroxylation is 1. The molecule has 0 aliphatic carbocycles. The minimum atomic E-state index is -1.00. The van der Waals surface area contributed by atoms with Crippen LogP contribution in [0.3, 0.4) is 0 Å². The van der Waals surface area contributed by atoms with Crippen LogP contribution in [0, 0.1) is 12.7 Å². The monoisotopic (exact) mass is 288 g/mol. The fourth-order valence-electron chi connectivity index (χ4n) is 2.27. The van der Waals surface area contributed by atoms with Crippen LogP contribution >= 0.6 is 0 Å². The standard InChI is InChI=1S/C17H17FO3/c1-11-3-5-12(6-4-11)9-15(17(19)20)14-10-13(18)7-8-16(14)21-2/h3-8,10,15H,9H2,1-2H3,(H,19,20). The quantitative estimate of drug-likeness (QED) is 0.915. The van der Waals surface area contributed by atoms with Gasteiger partial charge in [-0.15, -0.1) is 0 Å². The molecule has 1 atom stereocenters. The van der Waals surface area contributed by atoms with Crippen LogP contribution in [0.5, 0.6) is 5.75 Å². The number of hydrogen-bond donors (Lipinski definition) is 1. The molecule has 3 nitrogen and oxygen atoms in total. The van der Waals surface area contributed by atoms with Crippen molar-refractivity contribution in [2.24, 2.45) is 0 Å². The first kappa shape index (κ1) is 15.0. The van der Waals surface area contributed by atoms with E-state index in [1.807, 2.05) is 31.2 Å². The Kier molecular flexibility index (Phi) is 4.58. The molecule has 0 aromatic heterocycles. The van der Waals surface area contributed by atoms with E-state index in [-0.39, 0.29) is 6.42 Å². The van der Waals surface area contributed by atoms with Gasteiger partial charge in [0.15, 0.2) is 0 Å². The zero-order chi connectivity index (χ0) is 15.4. The van der Waals surface area contributed by atoms with E-state index in [1.165, 1.54) is 25.3 Å². The number of carboxylic acid groups (broad SMARTS) is 1. The molecular weight excluding hydrogens is 271 g/mol. The Bertz CT molecular complexity index is 635. The van der Waals surface area contributed by atoms with Crippen molar-refractivity contribution in [2.45, 2.75) is 19.3 Å². The van der Waals surface area contributed by atoms with Crippen LogP contribution in [0.1, 0.15) is 22.6 Å². The Morgan fingerprint density at radius 1 is 1.24 bits per heavy atom. The van der Waals surface area contributed by atoms with Crippen molar-refractivity contribution in [2.75, 3.05) is 7.11 Å². The van der Waals surface area contributed by atoms with Gasteiger partial charge in [-0.05, 0) is 37.1 Å². The molecule has 2 aromatic carbocycles. The van der Waals surface area contributed by atoms with E-state index in [2.05, 4.69) is 0 Å². The summed E-state index contributed by atoms with van der Waals surface area (Å²) in [5.41, 5.74) is 2.35. The summed E-state index contributed by atoms with van der Waals surface area (Å²) in [4.78, 5) is 11.6. The van der Waals surface area contributed by atoms with E-state index < -0.39 is 17.7 Å². The lowest BCUT2D eigenvalue weighted by molar-refractivity contribution is -0.138. The molecule has 4 heteroatoms. The zero-order valence-corrected chi connectivity index (χ0v) is 12.0. The summed E-state index contributed by atoms with van der Waals surface area (Å²) in [5, 5.41) is 9.48. The number of methoxy groups -OCH3 is 1. The number of carbonyl (C=O) groups is 1. The molecule has 0 bridgehead atoms. The highest BCUT2D eigenvalue weighted by Crippen LogP contribution is 2.30. The maximum Gasteiger partial charge on any atom is 0.311 e. The molecule has 2 aromatic rings. The highest BCUT2D eigenvalue weighted by atomic mass is 19.1. The van der Waals surface area contributed by atoms with Crippen LogP contribution in [0.25, 0.3) is 0 Å². The second-order valence-corrected chi connectivity index (χ2v) is 4.97. The molecule has 0 amide bonds. The highest BCUT2D eigenvalue weighted by Gasteiger charge is 2.24. The van der Waals surface area contributed by atoms with Crippen molar-refractivity contribution in [3.8, 4) is 5.75 Å². The van der Waals surface area contributed by atoms with Gasteiger partial charge >= 0.3 is 5.97 Å². The van der Waals surface area contributed by atoms with Crippen molar-refractivity contribution in [1.82, 2.24) is 0 Å². The SMILES string of the molecule is COc1ccc(F)cc1C(Cc1ccc(C)cc1)C(=O)O. The topological polar surface area (TPSA) is 46.5 Å². The Morgan fingerprint density at radius 3 is 2.48 bits per heavy atom. The minimum absolute atomic E-state index is 0.287. The van der Waals surface area contributed by atoms with E-state index in [9.17, 15) is 14.3 Å². The number of hydrogen-bond acceptors (Lipinski definition) is 2. The third-order valence-corrected chi connectivity index (χ3v) is 3.43. The van der Waals surface area contributed by atoms with Gasteiger partial charge in [0.05, 0.1) is 13.0 Å². The second-order valence-electron chi connectivity index (χ2n) is 4.97. The van der Waals surface area contributed by atoms with Crippen molar-refractivity contribution >= 4 is 5.97 Å². The van der Waals surface area contributed by atoms with Crippen molar-refractivity contribution in [3.05, 3.63) is 65.0 Å². The summed E-state index contributed by atoms with van der Waals surface area (Å²) >= 11 is 0. The third-order valence-electron chi connectivity index (χ3n) is 3.43. The van der Waals surface area contributed by atoms with Gasteiger partial charge in [0, 0.05) is 5.56 Å². The molecule has 0 saturated carbocycles. The summed E-state index contributed by atoms with van der Waals surface area (Å²) in [5.74, 6) is -1.94. The second kappa shape index (κ2) is 6.39. The van der Waals surface area contributed by atoms with Crippen LogP contribution in [0.4, 0.5) is 4.39 Å². The van der Waals surface area contributed by atoms with Crippen molar-refractivity contribution < 1.29 is 19.0 Å². The molecule has 110 valence electrons. The normalized spacial score (nSPS) is 12.0. The Labute approximate surface area is 123 Å². The average molecular weight is 288 g/mol. The van der Waals surface area contributed by atoms with E-state index in [1.54, 1.807) is 0 Å². The lowest BCUT2D eigenvalue weighted by Crippen LogP contribution is -2.15. The predicted molar refractivity (Wildman–Crippen MR) is 78.2 cm³/mol. The van der Waals surface area contributed by atoms with E-state index in [4.69, 9.17) is 4.74 Å². The first-order chi connectivity index (χ1) is 10.0. The van der Waals surface area contributed by atoms with Gasteiger partial charge in [-0.3, -0.25) is 4.79 Å². The van der Waals surface area contributed by atoms with Crippen LogP contribution in [-0.2, 0) is 11.2 Å². The predicted octanol–water partition coefficient (Wildman–Crippen LogP) is 3.55. The molecule has 0 radical (unpaired) electrons. The number of ether oxygens (including phenoxy) is 1. The molecule has 0 heterocycles. The molecule has 0 spiro atoms. The molecule has 0 saturated heterocycles. The van der Waals surface area contributed by atoms with E-state index >= 15 is 0 Å². The maximum atomic E-state index is 13.5. The van der Waals surface area contributed by atoms with Crippen LogP contribution in [-0.4, -0.2) is 18.2 Å². The molecular formula is C17H17FO3. The number of rotatable bonds is 5. The average Bonchev–Trinajstić information content (AvgIpc) is 2.46. The van der Waals surface area contributed by atoms with Crippen LogP contribution < -0.4 is 4.74 Å². The van der Waals surface area contributed by atoms with Gasteiger partial charge in [-0.1, -0.05) is 29.8 Å². The number of carboxylic acids is 1. The molecule has 1 N–H and O–H groups in total. The number of benzene rings is 2. The van der Waals surface area contributed by atoms with Gasteiger partial charge in [-0.2, -0.15) is 0 Å². The van der Waals surface area contributed by atoms with E-state index in [0.717, 1.165) is 11.1 Å². The maximum absolute atomic E-state index is 13.5. The fraction of sp³-hybridized carbons (Fsp3) is 0.235. The summed E-state index contributed by atoms with van der Waals surface area (Å²) in [7, 11) is 1.45. The highest BCUT2D eigenvalue weighted by molar-refractivity contribution is 5.77. The van der Waals surface area contributed by atoms with Crippen LogP contribution in [0.2, 0.25) is 0 Å². The molecule has 21 heavy (non-hydrogen) atoms. The Hall–Kier alpha value is -2.36. The zero-order valence-electron chi connectivity index (χ0n) is 12.0. The summed E-state index contributed by atoms with van der Waals surface area (Å²) in [6, 6.07) is 11.6. The minimum Gasteiger partial charge on any atom is -0.496 e. The molecule has 0 fully saturated rings. The van der Waals surface area contributed by atoms with Gasteiger partial charge in [-0.25, -0.2) is 4.39 Å². The lowest BCUT2D eigenvalue weighted by Gasteiger charge is -2.16. The first-order valence-electron chi connectivity index (χ1n) is 6.63. The third kappa shape index (κ3) is 3.60. The van der Waals surface area contributed by atoms with Gasteiger partial charge in [0.1, 0.15) is 11.6 Å². The van der Waals surface area contributed by atoms with Crippen molar-refractivity contribution in [1.29, 1.82) is 0 Å². The van der Waals surface area contributed by atoms with Gasteiger partial charge in [0.2, 0.25) is 0 Å². The lowest BCUT2D eigenvalue weighted by atomic mass is 9.91. The Balaban J connectivity index is 2.37. The van der Waals surface area contributed by atoms with Gasteiger partial charge < -0.3 is 9.84 Å². The summed E-state index contributed by atoms with van der Waals surface area (Å²) in [6.07, 6.45) is 0.287. The molecule has 1 unspecified atom stereocenters. The largest absolute Gasteiger partial charge is 0.496 e. The van der Waals surface area contributed by atoms with Crippen molar-refractivity contribution in [3.63, 3.8) is 0 Å². The molecule has 0 aliphatic heterocycles. The summed E-state index contributed by atoms with van der Waals surface area (Å²) in [6.45, 7) is 1.97. The summed E-state index contributed by atoms with van der Waals surface area (Å²) < 4.78 is 18.6. The molecule has 0 aliphatic rings. The fourth-order valence-corrected chi connectivity index (χ4v) is 2.27. The smallest absolute Gasteiger partial charge is 0.311 e. The van der Waals surface area contributed by atoms with Gasteiger partial charge in [0.25, 0.3) is 0 Å². The molecule has 2 rings (SSSR count). The number of halogens is 1. The number of aliphatic carboxylic acids is 1.